The predicted molar refractivity (Wildman–Crippen MR) is 64.5 cm³/mol. The highest BCUT2D eigenvalue weighted by molar-refractivity contribution is 5.91. The number of carboxylic acid groups (broad SMARTS) is 1. The molecule has 1 saturated heterocycles. The molecule has 2 atom stereocenters. The van der Waals surface area contributed by atoms with Gasteiger partial charge in [-0.2, -0.15) is 0 Å². The van der Waals surface area contributed by atoms with Crippen LogP contribution in [0.3, 0.4) is 0 Å². The summed E-state index contributed by atoms with van der Waals surface area (Å²) < 4.78 is 19.2. The molecule has 1 aliphatic heterocycles. The van der Waals surface area contributed by atoms with Crippen molar-refractivity contribution < 1.29 is 23.8 Å². The fourth-order valence-corrected chi connectivity index (χ4v) is 2.60. The molecule has 2 unspecified atom stereocenters. The topological polar surface area (TPSA) is 75.6 Å². The normalized spacial score (nSPS) is 26.1. The molecule has 1 aromatic carbocycles. The van der Waals surface area contributed by atoms with Crippen LogP contribution in [0.15, 0.2) is 18.2 Å². The molecule has 0 aromatic heterocycles. The second kappa shape index (κ2) is 4.53. The molecule has 6 heteroatoms. The number of rotatable bonds is 3. The van der Waals surface area contributed by atoms with Crippen molar-refractivity contribution in [3.05, 3.63) is 29.6 Å². The summed E-state index contributed by atoms with van der Waals surface area (Å²) in [5.41, 5.74) is -1.07. The molecule has 1 heterocycles. The first kappa shape index (κ1) is 13.3. The smallest absolute Gasteiger partial charge is 0.327 e. The molecule has 1 aliphatic rings. The Morgan fingerprint density at radius 3 is 2.84 bits per heavy atom. The van der Waals surface area contributed by atoms with E-state index in [1.807, 2.05) is 0 Å². The Bertz CT molecular complexity index is 545. The number of aliphatic carboxylic acids is 1. The van der Waals surface area contributed by atoms with E-state index in [1.54, 1.807) is 13.0 Å². The lowest BCUT2D eigenvalue weighted by Gasteiger charge is -2.29. The van der Waals surface area contributed by atoms with Crippen molar-refractivity contribution in [2.45, 2.75) is 24.8 Å². The standard InChI is InChI=1S/C13H14FNO4/c1-13(6-9(16)15-11(13)12(17)18)10-7(14)4-3-5-8(10)19-2/h3-5,11H,6H2,1-2H3,(H,15,16)(H,17,18). The molecule has 2 N–H and O–H groups in total. The van der Waals surface area contributed by atoms with Crippen LogP contribution in [0.1, 0.15) is 18.9 Å². The largest absolute Gasteiger partial charge is 0.496 e. The quantitative estimate of drug-likeness (QED) is 0.858. The van der Waals surface area contributed by atoms with Gasteiger partial charge in [-0.25, -0.2) is 9.18 Å². The van der Waals surface area contributed by atoms with Gasteiger partial charge in [0, 0.05) is 17.4 Å². The Hall–Kier alpha value is -2.11. The SMILES string of the molecule is COc1cccc(F)c1C1(C)CC(=O)NC1C(=O)O. The van der Waals surface area contributed by atoms with Gasteiger partial charge in [0.25, 0.3) is 0 Å². The first-order valence-corrected chi connectivity index (χ1v) is 5.75. The van der Waals surface area contributed by atoms with Crippen molar-refractivity contribution >= 4 is 11.9 Å². The van der Waals surface area contributed by atoms with Crippen molar-refractivity contribution in [2.24, 2.45) is 0 Å². The third-order valence-corrected chi connectivity index (χ3v) is 3.48. The maximum Gasteiger partial charge on any atom is 0.327 e. The van der Waals surface area contributed by atoms with E-state index < -0.39 is 29.2 Å². The van der Waals surface area contributed by atoms with Gasteiger partial charge in [-0.05, 0) is 12.1 Å². The monoisotopic (exact) mass is 267 g/mol. The van der Waals surface area contributed by atoms with Crippen LogP contribution in [0.25, 0.3) is 0 Å². The highest BCUT2D eigenvalue weighted by atomic mass is 19.1. The molecule has 2 rings (SSSR count). The molecule has 0 aliphatic carbocycles. The summed E-state index contributed by atoms with van der Waals surface area (Å²) >= 11 is 0. The molecule has 0 bridgehead atoms. The van der Waals surface area contributed by atoms with Gasteiger partial charge >= 0.3 is 5.97 Å². The Labute approximate surface area is 109 Å². The molecule has 102 valence electrons. The molecular formula is C13H14FNO4. The number of ether oxygens (including phenoxy) is 1. The van der Waals surface area contributed by atoms with Gasteiger partial charge < -0.3 is 15.2 Å². The zero-order chi connectivity index (χ0) is 14.2. The van der Waals surface area contributed by atoms with E-state index in [0.29, 0.717) is 0 Å². The second-order valence-electron chi connectivity index (χ2n) is 4.75. The molecule has 19 heavy (non-hydrogen) atoms. The zero-order valence-corrected chi connectivity index (χ0v) is 10.6. The number of hydrogen-bond acceptors (Lipinski definition) is 3. The van der Waals surface area contributed by atoms with Crippen molar-refractivity contribution in [1.29, 1.82) is 0 Å². The Kier molecular flexibility index (Phi) is 3.18. The summed E-state index contributed by atoms with van der Waals surface area (Å²) in [6, 6.07) is 3.07. The van der Waals surface area contributed by atoms with Crippen LogP contribution in [0.2, 0.25) is 0 Å². The lowest BCUT2D eigenvalue weighted by molar-refractivity contribution is -0.141. The first-order chi connectivity index (χ1) is 8.90. The Morgan fingerprint density at radius 2 is 2.26 bits per heavy atom. The van der Waals surface area contributed by atoms with Crippen molar-refractivity contribution in [2.75, 3.05) is 7.11 Å². The van der Waals surface area contributed by atoms with Crippen LogP contribution in [0.5, 0.6) is 5.75 Å². The van der Waals surface area contributed by atoms with E-state index >= 15 is 0 Å². The highest BCUT2D eigenvalue weighted by Gasteiger charge is 2.51. The van der Waals surface area contributed by atoms with Gasteiger partial charge in [0.05, 0.1) is 7.11 Å². The minimum Gasteiger partial charge on any atom is -0.496 e. The van der Waals surface area contributed by atoms with Crippen molar-refractivity contribution in [3.8, 4) is 5.75 Å². The summed E-state index contributed by atoms with van der Waals surface area (Å²) in [6.07, 6.45) is -0.0960. The molecule has 1 fully saturated rings. The average molecular weight is 267 g/mol. The molecule has 1 amide bonds. The van der Waals surface area contributed by atoms with E-state index in [2.05, 4.69) is 5.32 Å². The number of methoxy groups -OCH3 is 1. The summed E-state index contributed by atoms with van der Waals surface area (Å²) in [5.74, 6) is -1.95. The Balaban J connectivity index is 2.61. The third-order valence-electron chi connectivity index (χ3n) is 3.48. The number of carbonyl (C=O) groups is 2. The number of nitrogens with one attached hydrogen (secondary N) is 1. The van der Waals surface area contributed by atoms with Crippen LogP contribution < -0.4 is 10.1 Å². The first-order valence-electron chi connectivity index (χ1n) is 5.75. The minimum absolute atomic E-state index is 0.0960. The van der Waals surface area contributed by atoms with E-state index in [0.717, 1.165) is 0 Å². The molecule has 0 saturated carbocycles. The number of benzene rings is 1. The summed E-state index contributed by atoms with van der Waals surface area (Å²) in [6.45, 7) is 1.55. The number of carbonyl (C=O) groups excluding carboxylic acids is 1. The maximum atomic E-state index is 14.1. The van der Waals surface area contributed by atoms with Crippen LogP contribution in [0.4, 0.5) is 4.39 Å². The maximum absolute atomic E-state index is 14.1. The predicted octanol–water partition coefficient (Wildman–Crippen LogP) is 1.07. The number of halogens is 1. The average Bonchev–Trinajstić information content (AvgIpc) is 2.65. The lowest BCUT2D eigenvalue weighted by Crippen LogP contribution is -2.45. The van der Waals surface area contributed by atoms with Gasteiger partial charge in [0.2, 0.25) is 5.91 Å². The highest BCUT2D eigenvalue weighted by Crippen LogP contribution is 2.42. The molecule has 0 radical (unpaired) electrons. The van der Waals surface area contributed by atoms with Gasteiger partial charge in [0.1, 0.15) is 17.6 Å². The van der Waals surface area contributed by atoms with E-state index in [1.165, 1.54) is 19.2 Å². The van der Waals surface area contributed by atoms with Crippen LogP contribution >= 0.6 is 0 Å². The van der Waals surface area contributed by atoms with Crippen LogP contribution in [-0.4, -0.2) is 30.1 Å². The molecule has 5 nitrogen and oxygen atoms in total. The minimum atomic E-state index is -1.20. The molecule has 1 aromatic rings. The fourth-order valence-electron chi connectivity index (χ4n) is 2.60. The lowest BCUT2D eigenvalue weighted by atomic mass is 9.75. The van der Waals surface area contributed by atoms with E-state index in [-0.39, 0.29) is 17.7 Å². The van der Waals surface area contributed by atoms with Gasteiger partial charge in [-0.15, -0.1) is 0 Å². The summed E-state index contributed by atoms with van der Waals surface area (Å²) in [5, 5.41) is 11.6. The van der Waals surface area contributed by atoms with Crippen LogP contribution in [-0.2, 0) is 15.0 Å². The number of carboxylic acids is 1. The van der Waals surface area contributed by atoms with Crippen LogP contribution in [0, 0.1) is 5.82 Å². The fraction of sp³-hybridized carbons (Fsp3) is 0.385. The van der Waals surface area contributed by atoms with Gasteiger partial charge in [-0.1, -0.05) is 13.0 Å². The third kappa shape index (κ3) is 2.03. The van der Waals surface area contributed by atoms with E-state index in [4.69, 9.17) is 4.74 Å². The van der Waals surface area contributed by atoms with Crippen molar-refractivity contribution in [1.82, 2.24) is 5.32 Å². The van der Waals surface area contributed by atoms with Gasteiger partial charge in [-0.3, -0.25) is 4.79 Å². The van der Waals surface area contributed by atoms with Crippen molar-refractivity contribution in [3.63, 3.8) is 0 Å². The number of amides is 1. The molecule has 0 spiro atoms. The zero-order valence-electron chi connectivity index (χ0n) is 10.6. The second-order valence-corrected chi connectivity index (χ2v) is 4.75. The Morgan fingerprint density at radius 1 is 1.58 bits per heavy atom. The summed E-state index contributed by atoms with van der Waals surface area (Å²) in [4.78, 5) is 22.8. The van der Waals surface area contributed by atoms with E-state index in [9.17, 15) is 19.1 Å². The number of hydrogen-bond donors (Lipinski definition) is 2. The summed E-state index contributed by atoms with van der Waals surface area (Å²) in [7, 11) is 1.38. The van der Waals surface area contributed by atoms with Gasteiger partial charge in [0.15, 0.2) is 0 Å². The molecular weight excluding hydrogens is 253 g/mol.